The summed E-state index contributed by atoms with van der Waals surface area (Å²) in [4.78, 5) is 47.3. The third kappa shape index (κ3) is 13.8. The molecule has 0 bridgehead atoms. The monoisotopic (exact) mass is 853 g/mol. The first-order valence-corrected chi connectivity index (χ1v) is 20.4. The summed E-state index contributed by atoms with van der Waals surface area (Å²) in [6, 6.07) is 24.8. The van der Waals surface area contributed by atoms with E-state index in [0.29, 0.717) is 48.8 Å². The smallest absolute Gasteiger partial charge is 0.310 e. The summed E-state index contributed by atoms with van der Waals surface area (Å²) < 4.78 is 11.5. The van der Waals surface area contributed by atoms with Crippen LogP contribution in [0.5, 0.6) is 11.5 Å². The molecule has 1 saturated heterocycles. The van der Waals surface area contributed by atoms with Crippen molar-refractivity contribution in [2.75, 3.05) is 38.6 Å². The lowest BCUT2D eigenvalue weighted by Crippen LogP contribution is -2.39. The zero-order valence-corrected chi connectivity index (χ0v) is 34.8. The molecule has 0 spiro atoms. The fourth-order valence-electron chi connectivity index (χ4n) is 7.20. The molecule has 1 atom stereocenters. The van der Waals surface area contributed by atoms with Gasteiger partial charge in [-0.05, 0) is 52.8 Å². The Morgan fingerprint density at radius 1 is 0.902 bits per heavy atom. The lowest BCUT2D eigenvalue weighted by atomic mass is 9.88. The lowest BCUT2D eigenvalue weighted by molar-refractivity contribution is -0.150. The number of rotatable bonds is 17. The number of aliphatic hydroxyl groups excluding tert-OH is 1. The number of carbonyl (C=O) groups excluding carboxylic acids is 2. The van der Waals surface area contributed by atoms with Crippen LogP contribution in [0.1, 0.15) is 66.0 Å². The normalized spacial score (nSPS) is 14.2. The predicted octanol–water partition coefficient (Wildman–Crippen LogP) is 7.18. The second-order valence-electron chi connectivity index (χ2n) is 14.8. The van der Waals surface area contributed by atoms with E-state index in [2.05, 4.69) is 22.1 Å². The fourth-order valence-corrected chi connectivity index (χ4v) is 7.43. The highest BCUT2D eigenvalue weighted by Crippen LogP contribution is 2.35. The van der Waals surface area contributed by atoms with Crippen molar-refractivity contribution in [2.45, 2.75) is 63.7 Å². The van der Waals surface area contributed by atoms with Crippen LogP contribution in [0.4, 0.5) is 5.69 Å². The van der Waals surface area contributed by atoms with Gasteiger partial charge >= 0.3 is 17.9 Å². The van der Waals surface area contributed by atoms with Gasteiger partial charge in [-0.1, -0.05) is 96.6 Å². The first-order chi connectivity index (χ1) is 29.3. The van der Waals surface area contributed by atoms with E-state index in [0.717, 1.165) is 57.6 Å². The molecule has 0 unspecified atom stereocenters. The topological polar surface area (TPSA) is 195 Å². The lowest BCUT2D eigenvalue weighted by Gasteiger charge is -2.31. The molecular formula is C47H52ClN3O10. The molecular weight excluding hydrogens is 802 g/mol. The number of hydrogen-bond acceptors (Lipinski definition) is 10. The van der Waals surface area contributed by atoms with Gasteiger partial charge in [-0.2, -0.15) is 0 Å². The number of carbonyl (C=O) groups is 4. The third-order valence-corrected chi connectivity index (χ3v) is 10.7. The van der Waals surface area contributed by atoms with Crippen LogP contribution >= 0.6 is 11.6 Å². The van der Waals surface area contributed by atoms with Gasteiger partial charge in [0.05, 0.1) is 43.2 Å². The second kappa shape index (κ2) is 22.6. The van der Waals surface area contributed by atoms with Crippen LogP contribution in [0, 0.1) is 0 Å². The minimum Gasteiger partial charge on any atom is -0.508 e. The number of esters is 1. The highest BCUT2D eigenvalue weighted by atomic mass is 35.5. The van der Waals surface area contributed by atoms with Crippen molar-refractivity contribution < 1.29 is 49.1 Å². The number of hydrogen-bond donors (Lipinski definition) is 6. The van der Waals surface area contributed by atoms with Crippen molar-refractivity contribution in [2.24, 2.45) is 0 Å². The highest BCUT2D eigenvalue weighted by molar-refractivity contribution is 6.33. The van der Waals surface area contributed by atoms with Crippen molar-refractivity contribution in [3.8, 4) is 22.6 Å². The highest BCUT2D eigenvalue weighted by Gasteiger charge is 2.24. The molecule has 13 nitrogen and oxygen atoms in total. The summed E-state index contributed by atoms with van der Waals surface area (Å²) in [5.41, 5.74) is 7.49. The standard InChI is InChI=1S/C43H46ClN3O6.C4H6O4/c1-28-12-13-34-35(14-15-39(48)36(34)22-28)40(49)27-45-26-31-23-37(44)38(25-41(31)52-2)46-42(50)18-21-47-19-16-32(17-20-47)53-43(51)24-30-10-6-7-11-33(30)29-8-4-3-5-9-29;5-3(6)1-2-4(7)8/h3-15,23,25,32,40,45,48-49H,1,16-22,24,26-27H2,2H3,(H,46,50);1-2H2,(H,5,6)(H,7,8)/t40-;/m0./s1. The maximum atomic E-state index is 13.0. The van der Waals surface area contributed by atoms with Crippen LogP contribution in [0.3, 0.4) is 0 Å². The zero-order chi connectivity index (χ0) is 43.9. The zero-order valence-electron chi connectivity index (χ0n) is 34.1. The van der Waals surface area contributed by atoms with Gasteiger partial charge < -0.3 is 45.4 Å². The summed E-state index contributed by atoms with van der Waals surface area (Å²) in [5.74, 6) is -1.80. The van der Waals surface area contributed by atoms with Crippen LogP contribution in [-0.4, -0.2) is 88.5 Å². The average Bonchev–Trinajstić information content (AvgIpc) is 3.24. The number of fused-ring (bicyclic) bond motifs is 1. The van der Waals surface area contributed by atoms with E-state index in [9.17, 15) is 29.4 Å². The van der Waals surface area contributed by atoms with Gasteiger partial charge in [0.1, 0.15) is 17.6 Å². The molecule has 1 heterocycles. The molecule has 2 aliphatic rings. The number of nitrogens with zero attached hydrogens (tertiary/aromatic N) is 1. The second-order valence-corrected chi connectivity index (χ2v) is 15.2. The number of amides is 1. The Labute approximate surface area is 360 Å². The Bertz CT molecular complexity index is 2210. The molecule has 6 rings (SSSR count). The quantitative estimate of drug-likeness (QED) is 0.0587. The van der Waals surface area contributed by atoms with Crippen molar-refractivity contribution >= 4 is 47.2 Å². The predicted molar refractivity (Wildman–Crippen MR) is 234 cm³/mol. The third-order valence-electron chi connectivity index (χ3n) is 10.4. The summed E-state index contributed by atoms with van der Waals surface area (Å²) in [7, 11) is 1.56. The molecule has 0 saturated carbocycles. The van der Waals surface area contributed by atoms with E-state index in [1.807, 2.05) is 66.7 Å². The Balaban J connectivity index is 0.000000800. The van der Waals surface area contributed by atoms with E-state index in [1.54, 1.807) is 31.4 Å². The van der Waals surface area contributed by atoms with Gasteiger partial charge in [0, 0.05) is 62.8 Å². The molecule has 1 fully saturated rings. The van der Waals surface area contributed by atoms with Crippen LogP contribution in [0.2, 0.25) is 5.02 Å². The number of nitrogens with one attached hydrogen (secondary N) is 2. The van der Waals surface area contributed by atoms with E-state index in [-0.39, 0.29) is 56.0 Å². The number of allylic oxidation sites excluding steroid dienone is 2. The molecule has 322 valence electrons. The Hall–Kier alpha value is -5.99. The molecule has 6 N–H and O–H groups in total. The number of carboxylic acids is 2. The van der Waals surface area contributed by atoms with Crippen LogP contribution in [-0.2, 0) is 43.3 Å². The number of carboxylic acid groups (broad SMARTS) is 2. The van der Waals surface area contributed by atoms with E-state index in [4.69, 9.17) is 31.3 Å². The first-order valence-electron chi connectivity index (χ1n) is 20.1. The number of methoxy groups -OCH3 is 1. The number of anilines is 1. The van der Waals surface area contributed by atoms with Crippen LogP contribution in [0.15, 0.2) is 97.1 Å². The average molecular weight is 854 g/mol. The molecule has 4 aromatic carbocycles. The number of aliphatic hydroxyl groups is 1. The Kier molecular flexibility index (Phi) is 17.0. The number of phenols is 1. The van der Waals surface area contributed by atoms with E-state index < -0.39 is 18.0 Å². The van der Waals surface area contributed by atoms with Gasteiger partial charge in [-0.25, -0.2) is 0 Å². The number of phenolic OH excluding ortho intramolecular Hbond substituents is 1. The summed E-state index contributed by atoms with van der Waals surface area (Å²) in [5, 5.41) is 43.7. The minimum atomic E-state index is -1.08. The summed E-state index contributed by atoms with van der Waals surface area (Å²) in [6.07, 6.45) is 4.70. The molecule has 1 aliphatic carbocycles. The molecule has 4 aromatic rings. The van der Waals surface area contributed by atoms with Crippen molar-refractivity contribution in [3.05, 3.63) is 130 Å². The number of aliphatic carboxylic acids is 2. The number of benzene rings is 4. The van der Waals surface area contributed by atoms with Crippen LogP contribution in [0.25, 0.3) is 17.2 Å². The number of aromatic hydroxyl groups is 1. The number of likely N-dealkylation sites (tertiary alicyclic amines) is 1. The maximum Gasteiger partial charge on any atom is 0.310 e. The van der Waals surface area contributed by atoms with Crippen molar-refractivity contribution in [1.29, 1.82) is 0 Å². The van der Waals surface area contributed by atoms with Gasteiger partial charge in [0.15, 0.2) is 0 Å². The molecule has 0 aromatic heterocycles. The minimum absolute atomic E-state index is 0.143. The van der Waals surface area contributed by atoms with Gasteiger partial charge in [0.2, 0.25) is 5.91 Å². The molecule has 14 heteroatoms. The molecule has 1 aliphatic heterocycles. The summed E-state index contributed by atoms with van der Waals surface area (Å²) >= 11 is 6.61. The molecule has 0 radical (unpaired) electrons. The van der Waals surface area contributed by atoms with E-state index >= 15 is 0 Å². The maximum absolute atomic E-state index is 13.0. The molecule has 1 amide bonds. The number of halogens is 1. The van der Waals surface area contributed by atoms with E-state index in [1.165, 1.54) is 0 Å². The Morgan fingerprint density at radius 3 is 2.28 bits per heavy atom. The first kappa shape index (κ1) is 46.1. The van der Waals surface area contributed by atoms with Crippen LogP contribution < -0.4 is 15.4 Å². The Morgan fingerprint density at radius 2 is 1.59 bits per heavy atom. The SMILES string of the molecule is C=C1C=Cc2c([C@@H](O)CNCc3cc(Cl)c(NC(=O)CCN4CCC(OC(=O)Cc5ccccc5-c5ccccc5)CC4)cc3OC)ccc(O)c2C1.O=C(O)CCC(=O)O. The summed E-state index contributed by atoms with van der Waals surface area (Å²) in [6.45, 7) is 6.65. The fraction of sp³-hybridized carbons (Fsp3) is 0.319. The van der Waals surface area contributed by atoms with Gasteiger partial charge in [0.25, 0.3) is 0 Å². The van der Waals surface area contributed by atoms with Crippen molar-refractivity contribution in [3.63, 3.8) is 0 Å². The van der Waals surface area contributed by atoms with Gasteiger partial charge in [-0.15, -0.1) is 0 Å². The number of piperidine rings is 1. The van der Waals surface area contributed by atoms with Crippen molar-refractivity contribution in [1.82, 2.24) is 10.2 Å². The molecule has 61 heavy (non-hydrogen) atoms. The van der Waals surface area contributed by atoms with Gasteiger partial charge in [-0.3, -0.25) is 19.2 Å². The largest absolute Gasteiger partial charge is 0.508 e. The number of ether oxygens (including phenoxy) is 2.